The minimum Gasteiger partial charge on any atom is -0.314 e. The molecular formula is C15H25N3O2S. The molecule has 1 fully saturated rings. The lowest BCUT2D eigenvalue weighted by Gasteiger charge is -2.35. The fourth-order valence-corrected chi connectivity index (χ4v) is 4.29. The average molecular weight is 311 g/mol. The van der Waals surface area contributed by atoms with E-state index in [1.165, 1.54) is 6.20 Å². The molecule has 0 bridgehead atoms. The lowest BCUT2D eigenvalue weighted by molar-refractivity contribution is 0.224. The molecular weight excluding hydrogens is 286 g/mol. The lowest BCUT2D eigenvalue weighted by Crippen LogP contribution is -2.46. The Hall–Kier alpha value is -0.980. The van der Waals surface area contributed by atoms with Gasteiger partial charge in [0.25, 0.3) is 0 Å². The first-order valence-electron chi connectivity index (χ1n) is 7.69. The van der Waals surface area contributed by atoms with Crippen LogP contribution in [-0.4, -0.2) is 43.4 Å². The van der Waals surface area contributed by atoms with Crippen LogP contribution in [0.25, 0.3) is 0 Å². The molecule has 0 spiro atoms. The molecule has 0 aromatic carbocycles. The molecule has 1 N–H and O–H groups in total. The quantitative estimate of drug-likeness (QED) is 0.871. The Labute approximate surface area is 127 Å². The van der Waals surface area contributed by atoms with Crippen molar-refractivity contribution in [3.63, 3.8) is 0 Å². The van der Waals surface area contributed by atoms with Gasteiger partial charge in [0.15, 0.2) is 0 Å². The third-order valence-electron chi connectivity index (χ3n) is 4.12. The maximum Gasteiger partial charge on any atom is 0.244 e. The van der Waals surface area contributed by atoms with E-state index in [0.29, 0.717) is 29.9 Å². The van der Waals surface area contributed by atoms with Crippen molar-refractivity contribution in [1.82, 2.24) is 14.6 Å². The summed E-state index contributed by atoms with van der Waals surface area (Å²) in [5.41, 5.74) is 0. The van der Waals surface area contributed by atoms with Crippen LogP contribution in [0, 0.1) is 5.92 Å². The van der Waals surface area contributed by atoms with E-state index in [1.54, 1.807) is 22.6 Å². The number of pyridine rings is 1. The van der Waals surface area contributed by atoms with E-state index in [-0.39, 0.29) is 0 Å². The zero-order chi connectivity index (χ0) is 15.3. The molecule has 1 saturated heterocycles. The van der Waals surface area contributed by atoms with Gasteiger partial charge in [0, 0.05) is 31.5 Å². The van der Waals surface area contributed by atoms with Gasteiger partial charge < -0.3 is 5.32 Å². The van der Waals surface area contributed by atoms with Gasteiger partial charge in [-0.05, 0) is 50.8 Å². The van der Waals surface area contributed by atoms with Gasteiger partial charge in [-0.25, -0.2) is 8.42 Å². The van der Waals surface area contributed by atoms with E-state index in [2.05, 4.69) is 24.1 Å². The molecule has 0 radical (unpaired) electrons. The minimum atomic E-state index is -3.41. The molecule has 0 aliphatic carbocycles. The van der Waals surface area contributed by atoms with Crippen molar-refractivity contribution in [3.8, 4) is 0 Å². The number of piperidine rings is 1. The van der Waals surface area contributed by atoms with Crippen molar-refractivity contribution < 1.29 is 8.42 Å². The van der Waals surface area contributed by atoms with E-state index < -0.39 is 10.0 Å². The maximum atomic E-state index is 12.6. The first-order chi connectivity index (χ1) is 10.1. The summed E-state index contributed by atoms with van der Waals surface area (Å²) >= 11 is 0. The number of aromatic nitrogens is 1. The maximum absolute atomic E-state index is 12.6. The fourth-order valence-electron chi connectivity index (χ4n) is 2.79. The summed E-state index contributed by atoms with van der Waals surface area (Å²) in [6.07, 6.45) is 6.11. The average Bonchev–Trinajstić information content (AvgIpc) is 2.53. The summed E-state index contributed by atoms with van der Waals surface area (Å²) < 4.78 is 26.9. The van der Waals surface area contributed by atoms with Gasteiger partial charge in [-0.15, -0.1) is 0 Å². The largest absolute Gasteiger partial charge is 0.314 e. The van der Waals surface area contributed by atoms with Crippen molar-refractivity contribution in [1.29, 1.82) is 0 Å². The molecule has 118 valence electrons. The number of nitrogens with zero attached hydrogens (tertiary/aromatic N) is 2. The van der Waals surface area contributed by atoms with Crippen molar-refractivity contribution in [2.75, 3.05) is 19.6 Å². The van der Waals surface area contributed by atoms with Crippen LogP contribution in [0.2, 0.25) is 0 Å². The second-order valence-electron chi connectivity index (χ2n) is 5.70. The van der Waals surface area contributed by atoms with Crippen LogP contribution in [0.3, 0.4) is 0 Å². The van der Waals surface area contributed by atoms with E-state index in [9.17, 15) is 8.42 Å². The van der Waals surface area contributed by atoms with Crippen molar-refractivity contribution >= 4 is 10.0 Å². The Morgan fingerprint density at radius 1 is 1.52 bits per heavy atom. The zero-order valence-electron chi connectivity index (χ0n) is 12.8. The summed E-state index contributed by atoms with van der Waals surface area (Å²) in [5.74, 6) is 0.372. The summed E-state index contributed by atoms with van der Waals surface area (Å²) in [6, 6.07) is 3.63. The molecule has 21 heavy (non-hydrogen) atoms. The molecule has 1 aromatic heterocycles. The second-order valence-corrected chi connectivity index (χ2v) is 7.63. The summed E-state index contributed by atoms with van der Waals surface area (Å²) in [4.78, 5) is 4.21. The molecule has 2 heterocycles. The lowest BCUT2D eigenvalue weighted by atomic mass is 9.93. The van der Waals surface area contributed by atoms with Crippen LogP contribution in [0.1, 0.15) is 33.1 Å². The molecule has 1 aliphatic rings. The molecule has 2 atom stereocenters. The van der Waals surface area contributed by atoms with E-state index in [4.69, 9.17) is 0 Å². The minimum absolute atomic E-state index is 0.292. The topological polar surface area (TPSA) is 62.3 Å². The Balaban J connectivity index is 2.07. The highest BCUT2D eigenvalue weighted by molar-refractivity contribution is 7.89. The molecule has 1 aliphatic heterocycles. The predicted octanol–water partition coefficient (Wildman–Crippen LogP) is 1.87. The van der Waals surface area contributed by atoms with Crippen molar-refractivity contribution in [3.05, 3.63) is 24.5 Å². The summed E-state index contributed by atoms with van der Waals surface area (Å²) in [5, 5.41) is 3.48. The van der Waals surface area contributed by atoms with Crippen LogP contribution in [0.4, 0.5) is 0 Å². The van der Waals surface area contributed by atoms with E-state index >= 15 is 0 Å². The Kier molecular flexibility index (Phi) is 5.72. The number of sulfonamides is 1. The van der Waals surface area contributed by atoms with Crippen LogP contribution >= 0.6 is 0 Å². The molecule has 2 rings (SSSR count). The van der Waals surface area contributed by atoms with Gasteiger partial charge in [0.2, 0.25) is 10.0 Å². The van der Waals surface area contributed by atoms with Crippen molar-refractivity contribution in [2.24, 2.45) is 5.92 Å². The normalized spacial score (nSPS) is 22.1. The molecule has 2 unspecified atom stereocenters. The Morgan fingerprint density at radius 2 is 2.33 bits per heavy atom. The predicted molar refractivity (Wildman–Crippen MR) is 83.5 cm³/mol. The van der Waals surface area contributed by atoms with E-state index in [0.717, 1.165) is 25.8 Å². The van der Waals surface area contributed by atoms with Gasteiger partial charge in [-0.2, -0.15) is 4.31 Å². The van der Waals surface area contributed by atoms with Crippen LogP contribution < -0.4 is 5.32 Å². The van der Waals surface area contributed by atoms with Crippen LogP contribution in [0.15, 0.2) is 29.4 Å². The van der Waals surface area contributed by atoms with Gasteiger partial charge in [0.1, 0.15) is 4.90 Å². The number of rotatable bonds is 6. The summed E-state index contributed by atoms with van der Waals surface area (Å²) in [7, 11) is -3.41. The van der Waals surface area contributed by atoms with E-state index in [1.807, 2.05) is 0 Å². The molecule has 5 nitrogen and oxygen atoms in total. The number of hydrogen-bond acceptors (Lipinski definition) is 4. The number of hydrogen-bond donors (Lipinski definition) is 1. The van der Waals surface area contributed by atoms with Gasteiger partial charge >= 0.3 is 0 Å². The standard InChI is InChI=1S/C15H25N3O2S/c1-3-8-17-13(2)14-6-5-10-18(12-14)21(19,20)15-7-4-9-16-11-15/h4,7,9,11,13-14,17H,3,5-6,8,10,12H2,1-2H3. The SMILES string of the molecule is CCCNC(C)C1CCCN(S(=O)(=O)c2cccnc2)C1. The van der Waals surface area contributed by atoms with Gasteiger partial charge in [-0.1, -0.05) is 6.92 Å². The highest BCUT2D eigenvalue weighted by Gasteiger charge is 2.32. The smallest absolute Gasteiger partial charge is 0.244 e. The first kappa shape index (κ1) is 16.4. The molecule has 1 aromatic rings. The van der Waals surface area contributed by atoms with Crippen molar-refractivity contribution in [2.45, 2.75) is 44.0 Å². The Morgan fingerprint density at radius 3 is 3.00 bits per heavy atom. The molecule has 6 heteroatoms. The van der Waals surface area contributed by atoms with Crippen LogP contribution in [-0.2, 0) is 10.0 Å². The fraction of sp³-hybridized carbons (Fsp3) is 0.667. The van der Waals surface area contributed by atoms with Crippen LogP contribution in [0.5, 0.6) is 0 Å². The highest BCUT2D eigenvalue weighted by Crippen LogP contribution is 2.25. The van der Waals surface area contributed by atoms with Gasteiger partial charge in [-0.3, -0.25) is 4.98 Å². The highest BCUT2D eigenvalue weighted by atomic mass is 32.2. The second kappa shape index (κ2) is 7.33. The Bertz CT molecular complexity index is 533. The zero-order valence-corrected chi connectivity index (χ0v) is 13.6. The monoisotopic (exact) mass is 311 g/mol. The summed E-state index contributed by atoms with van der Waals surface area (Å²) in [6.45, 7) is 6.47. The third kappa shape index (κ3) is 4.02. The first-order valence-corrected chi connectivity index (χ1v) is 9.13. The number of nitrogens with one attached hydrogen (secondary N) is 1. The molecule has 0 amide bonds. The van der Waals surface area contributed by atoms with Gasteiger partial charge in [0.05, 0.1) is 0 Å². The molecule has 0 saturated carbocycles. The third-order valence-corrected chi connectivity index (χ3v) is 5.96.